The van der Waals surface area contributed by atoms with E-state index in [1.807, 2.05) is 0 Å². The number of hydrogen-bond donors (Lipinski definition) is 0. The number of rotatable bonds is 5. The molecule has 0 aromatic heterocycles. The van der Waals surface area contributed by atoms with Crippen molar-refractivity contribution in [3.63, 3.8) is 0 Å². The summed E-state index contributed by atoms with van der Waals surface area (Å²) in [7, 11) is 0. The minimum absolute atomic E-state index is 0.0329. The van der Waals surface area contributed by atoms with Crippen LogP contribution in [-0.2, 0) is 0 Å². The van der Waals surface area contributed by atoms with E-state index in [9.17, 15) is 19.7 Å². The summed E-state index contributed by atoms with van der Waals surface area (Å²) in [5, 5.41) is 11.1. The predicted molar refractivity (Wildman–Crippen MR) is 79.6 cm³/mol. The van der Waals surface area contributed by atoms with Gasteiger partial charge in [0, 0.05) is 17.2 Å². The number of carbonyl (C=O) groups is 2. The van der Waals surface area contributed by atoms with Gasteiger partial charge in [-0.05, 0) is 50.2 Å². The van der Waals surface area contributed by atoms with Crippen LogP contribution < -0.4 is 4.74 Å². The highest BCUT2D eigenvalue weighted by Crippen LogP contribution is 2.32. The van der Waals surface area contributed by atoms with Gasteiger partial charge in [0.15, 0.2) is 11.6 Å². The molecule has 22 heavy (non-hydrogen) atoms. The Balaban J connectivity index is 2.34. The van der Waals surface area contributed by atoms with Gasteiger partial charge in [-0.15, -0.1) is 0 Å². The fraction of sp³-hybridized carbons (Fsp3) is 0.125. The molecule has 6 heteroatoms. The number of nitro groups is 1. The third-order valence-corrected chi connectivity index (χ3v) is 3.05. The summed E-state index contributed by atoms with van der Waals surface area (Å²) in [5.74, 6) is 0.0538. The highest BCUT2D eigenvalue weighted by Gasteiger charge is 2.18. The lowest BCUT2D eigenvalue weighted by atomic mass is 10.1. The van der Waals surface area contributed by atoms with Gasteiger partial charge in [0.2, 0.25) is 5.75 Å². The van der Waals surface area contributed by atoms with Crippen LogP contribution in [0.4, 0.5) is 5.69 Å². The fourth-order valence-electron chi connectivity index (χ4n) is 1.85. The summed E-state index contributed by atoms with van der Waals surface area (Å²) in [4.78, 5) is 33.0. The van der Waals surface area contributed by atoms with E-state index in [0.29, 0.717) is 11.3 Å². The smallest absolute Gasteiger partial charge is 0.312 e. The second-order valence-electron chi connectivity index (χ2n) is 4.68. The molecule has 0 bridgehead atoms. The van der Waals surface area contributed by atoms with Crippen molar-refractivity contribution in [2.75, 3.05) is 0 Å². The Hall–Kier alpha value is -3.02. The maximum atomic E-state index is 11.3. The van der Waals surface area contributed by atoms with Gasteiger partial charge in [-0.1, -0.05) is 0 Å². The summed E-state index contributed by atoms with van der Waals surface area (Å²) in [6.07, 6.45) is 0. The van der Waals surface area contributed by atoms with Crippen LogP contribution in [0.3, 0.4) is 0 Å². The van der Waals surface area contributed by atoms with E-state index in [-0.39, 0.29) is 28.6 Å². The minimum Gasteiger partial charge on any atom is -0.450 e. The molecule has 2 aromatic rings. The molecule has 112 valence electrons. The maximum absolute atomic E-state index is 11.3. The van der Waals surface area contributed by atoms with Crippen molar-refractivity contribution in [3.8, 4) is 11.5 Å². The molecule has 0 saturated heterocycles. The minimum atomic E-state index is -0.605. The molecule has 6 nitrogen and oxygen atoms in total. The fourth-order valence-corrected chi connectivity index (χ4v) is 1.85. The SMILES string of the molecule is CC(=O)c1ccc(Oc2ccc(C(C)=O)cc2[N+](=O)[O-])cc1. The number of nitrogens with zero attached hydrogens (tertiary/aromatic N) is 1. The summed E-state index contributed by atoms with van der Waals surface area (Å²) >= 11 is 0. The van der Waals surface area contributed by atoms with Crippen LogP contribution in [0.15, 0.2) is 42.5 Å². The third-order valence-electron chi connectivity index (χ3n) is 3.05. The molecule has 2 rings (SSSR count). The first-order valence-electron chi connectivity index (χ1n) is 6.46. The first kappa shape index (κ1) is 15.4. The lowest BCUT2D eigenvalue weighted by molar-refractivity contribution is -0.385. The van der Waals surface area contributed by atoms with Crippen LogP contribution in [0.5, 0.6) is 11.5 Å². The molecule has 0 unspecified atom stereocenters. The standard InChI is InChI=1S/C16H13NO5/c1-10(18)12-3-6-14(7-4-12)22-16-8-5-13(11(2)19)9-15(16)17(20)21/h3-9H,1-2H3. The van der Waals surface area contributed by atoms with E-state index in [2.05, 4.69) is 0 Å². The Kier molecular flexibility index (Phi) is 4.31. The number of ether oxygens (including phenoxy) is 1. The number of nitro benzene ring substituents is 1. The molecule has 0 aliphatic carbocycles. The molecule has 0 amide bonds. The number of ketones is 2. The van der Waals surface area contributed by atoms with Crippen LogP contribution in [0, 0.1) is 10.1 Å². The number of carbonyl (C=O) groups excluding carboxylic acids is 2. The lowest BCUT2D eigenvalue weighted by Gasteiger charge is -2.07. The van der Waals surface area contributed by atoms with Gasteiger partial charge in [0.05, 0.1) is 4.92 Å². The van der Waals surface area contributed by atoms with E-state index in [4.69, 9.17) is 4.74 Å². The monoisotopic (exact) mass is 299 g/mol. The van der Waals surface area contributed by atoms with Gasteiger partial charge in [-0.3, -0.25) is 19.7 Å². The Labute approximate surface area is 126 Å². The summed E-state index contributed by atoms with van der Waals surface area (Å²) in [5.41, 5.74) is 0.475. The van der Waals surface area contributed by atoms with Crippen LogP contribution in [-0.4, -0.2) is 16.5 Å². The van der Waals surface area contributed by atoms with Gasteiger partial charge in [-0.2, -0.15) is 0 Å². The van der Waals surface area contributed by atoms with E-state index >= 15 is 0 Å². The van der Waals surface area contributed by atoms with E-state index in [0.717, 1.165) is 0 Å². The molecule has 0 spiro atoms. The van der Waals surface area contributed by atoms with Crippen molar-refractivity contribution >= 4 is 17.3 Å². The average Bonchev–Trinajstić information content (AvgIpc) is 2.47. The highest BCUT2D eigenvalue weighted by molar-refractivity contribution is 5.95. The van der Waals surface area contributed by atoms with Crippen LogP contribution >= 0.6 is 0 Å². The number of benzene rings is 2. The maximum Gasteiger partial charge on any atom is 0.312 e. The Morgan fingerprint density at radius 1 is 0.955 bits per heavy atom. The molecule has 0 aliphatic heterocycles. The molecule has 0 aliphatic rings. The predicted octanol–water partition coefficient (Wildman–Crippen LogP) is 3.79. The number of Topliss-reactive ketones (excluding diaryl/α,β-unsaturated/α-hetero) is 2. The summed E-state index contributed by atoms with van der Waals surface area (Å²) in [6.45, 7) is 2.78. The van der Waals surface area contributed by atoms with E-state index < -0.39 is 4.92 Å². The topological polar surface area (TPSA) is 86.5 Å². The summed E-state index contributed by atoms with van der Waals surface area (Å²) < 4.78 is 5.48. The lowest BCUT2D eigenvalue weighted by Crippen LogP contribution is -1.98. The molecular formula is C16H13NO5. The zero-order valence-corrected chi connectivity index (χ0v) is 12.0. The van der Waals surface area contributed by atoms with Crippen molar-refractivity contribution in [1.29, 1.82) is 0 Å². The number of hydrogen-bond acceptors (Lipinski definition) is 5. The molecule has 0 fully saturated rings. The van der Waals surface area contributed by atoms with Gasteiger partial charge in [-0.25, -0.2) is 0 Å². The van der Waals surface area contributed by atoms with Crippen molar-refractivity contribution in [1.82, 2.24) is 0 Å². The van der Waals surface area contributed by atoms with Crippen molar-refractivity contribution < 1.29 is 19.2 Å². The van der Waals surface area contributed by atoms with E-state index in [1.165, 1.54) is 32.0 Å². The third kappa shape index (κ3) is 3.35. The molecule has 0 heterocycles. The highest BCUT2D eigenvalue weighted by atomic mass is 16.6. The van der Waals surface area contributed by atoms with Crippen molar-refractivity contribution in [2.24, 2.45) is 0 Å². The Bertz CT molecular complexity index is 750. The van der Waals surface area contributed by atoms with E-state index in [1.54, 1.807) is 24.3 Å². The Morgan fingerprint density at radius 2 is 1.50 bits per heavy atom. The average molecular weight is 299 g/mol. The quantitative estimate of drug-likeness (QED) is 0.476. The van der Waals surface area contributed by atoms with Gasteiger partial charge in [0.1, 0.15) is 5.75 Å². The first-order chi connectivity index (χ1) is 10.4. The normalized spacial score (nSPS) is 10.1. The van der Waals surface area contributed by atoms with Gasteiger partial charge >= 0.3 is 5.69 Å². The molecule has 0 radical (unpaired) electrons. The zero-order chi connectivity index (χ0) is 16.3. The molecule has 0 atom stereocenters. The summed E-state index contributed by atoms with van der Waals surface area (Å²) in [6, 6.07) is 10.3. The largest absolute Gasteiger partial charge is 0.450 e. The second-order valence-corrected chi connectivity index (χ2v) is 4.68. The van der Waals surface area contributed by atoms with Crippen molar-refractivity contribution in [3.05, 3.63) is 63.7 Å². The Morgan fingerprint density at radius 3 is 2.00 bits per heavy atom. The van der Waals surface area contributed by atoms with Gasteiger partial charge < -0.3 is 4.74 Å². The van der Waals surface area contributed by atoms with Crippen LogP contribution in [0.1, 0.15) is 34.6 Å². The molecule has 2 aromatic carbocycles. The van der Waals surface area contributed by atoms with Crippen LogP contribution in [0.2, 0.25) is 0 Å². The van der Waals surface area contributed by atoms with Gasteiger partial charge in [0.25, 0.3) is 0 Å². The zero-order valence-electron chi connectivity index (χ0n) is 12.0. The molecule has 0 N–H and O–H groups in total. The molecular weight excluding hydrogens is 286 g/mol. The van der Waals surface area contributed by atoms with Crippen molar-refractivity contribution in [2.45, 2.75) is 13.8 Å². The van der Waals surface area contributed by atoms with Crippen LogP contribution in [0.25, 0.3) is 0 Å². The first-order valence-corrected chi connectivity index (χ1v) is 6.46. The molecule has 0 saturated carbocycles. The second kappa shape index (κ2) is 6.17.